The molecule has 0 N–H and O–H groups in total. The second-order valence-corrected chi connectivity index (χ2v) is 7.29. The van der Waals surface area contributed by atoms with Gasteiger partial charge in [-0.15, -0.1) is 13.2 Å². The second-order valence-electron chi connectivity index (χ2n) is 7.29. The molecular formula is C21H20F3O6-. The summed E-state index contributed by atoms with van der Waals surface area (Å²) in [7, 11) is 0. The maximum Gasteiger partial charge on any atom is 0.573 e. The average Bonchev–Trinajstić information content (AvgIpc) is 2.59. The Morgan fingerprint density at radius 2 is 1.57 bits per heavy atom. The number of hydrogen-bond acceptors (Lipinski definition) is 6. The number of ether oxygens (including phenoxy) is 3. The Labute approximate surface area is 171 Å². The van der Waals surface area contributed by atoms with Gasteiger partial charge < -0.3 is 24.1 Å². The summed E-state index contributed by atoms with van der Waals surface area (Å²) in [5.41, 5.74) is -0.617. The lowest BCUT2D eigenvalue weighted by Gasteiger charge is -2.20. The first-order valence-corrected chi connectivity index (χ1v) is 8.93. The second kappa shape index (κ2) is 9.06. The fourth-order valence-corrected chi connectivity index (χ4v) is 2.57. The van der Waals surface area contributed by atoms with Crippen molar-refractivity contribution < 1.29 is 42.1 Å². The van der Waals surface area contributed by atoms with Crippen LogP contribution in [0.1, 0.15) is 43.1 Å². The first kappa shape index (κ1) is 23.1. The van der Waals surface area contributed by atoms with E-state index in [0.717, 1.165) is 12.1 Å². The standard InChI is InChI=1S/C21H21F3O6/c1-20(2,3)30-17(25)12-7-13-5-4-6-16(18(13)19(26)27)28-14-8-10-15(11-9-14)29-21(22,23)24/h4-6,8-11H,7,12H2,1-3H3,(H,26,27)/p-1. The summed E-state index contributed by atoms with van der Waals surface area (Å²) in [5, 5.41) is 11.7. The third kappa shape index (κ3) is 7.31. The van der Waals surface area contributed by atoms with E-state index in [1.807, 2.05) is 0 Å². The largest absolute Gasteiger partial charge is 0.573 e. The number of carboxylic acids is 1. The van der Waals surface area contributed by atoms with Crippen molar-refractivity contribution in [1.29, 1.82) is 0 Å². The van der Waals surface area contributed by atoms with Crippen LogP contribution >= 0.6 is 0 Å². The monoisotopic (exact) mass is 425 g/mol. The van der Waals surface area contributed by atoms with E-state index in [2.05, 4.69) is 4.74 Å². The molecule has 0 radical (unpaired) electrons. The van der Waals surface area contributed by atoms with E-state index < -0.39 is 29.7 Å². The molecule has 0 spiro atoms. The lowest BCUT2D eigenvalue weighted by Crippen LogP contribution is -2.26. The van der Waals surface area contributed by atoms with E-state index in [4.69, 9.17) is 9.47 Å². The Morgan fingerprint density at radius 3 is 2.10 bits per heavy atom. The summed E-state index contributed by atoms with van der Waals surface area (Å²) in [6, 6.07) is 8.90. The number of rotatable bonds is 7. The minimum atomic E-state index is -4.83. The van der Waals surface area contributed by atoms with Gasteiger partial charge in [-0.1, -0.05) is 12.1 Å². The molecule has 9 heteroatoms. The molecule has 0 saturated heterocycles. The molecule has 2 rings (SSSR count). The van der Waals surface area contributed by atoms with E-state index in [0.29, 0.717) is 5.56 Å². The molecule has 30 heavy (non-hydrogen) atoms. The van der Waals surface area contributed by atoms with Crippen molar-refractivity contribution in [2.75, 3.05) is 0 Å². The Kier molecular flexibility index (Phi) is 6.96. The number of carbonyl (C=O) groups excluding carboxylic acids is 2. The van der Waals surface area contributed by atoms with Gasteiger partial charge in [-0.05, 0) is 63.1 Å². The highest BCUT2D eigenvalue weighted by molar-refractivity contribution is 5.91. The number of carbonyl (C=O) groups is 2. The zero-order chi connectivity index (χ0) is 22.5. The molecule has 0 saturated carbocycles. The van der Waals surface area contributed by atoms with Gasteiger partial charge in [0.2, 0.25) is 0 Å². The van der Waals surface area contributed by atoms with Crippen molar-refractivity contribution in [2.45, 2.75) is 45.6 Å². The highest BCUT2D eigenvalue weighted by Crippen LogP contribution is 2.30. The van der Waals surface area contributed by atoms with Gasteiger partial charge in [0.15, 0.2) is 0 Å². The van der Waals surface area contributed by atoms with Crippen molar-refractivity contribution in [3.63, 3.8) is 0 Å². The number of carboxylic acid groups (broad SMARTS) is 1. The maximum absolute atomic E-state index is 12.2. The van der Waals surface area contributed by atoms with Crippen LogP contribution in [0.4, 0.5) is 13.2 Å². The topological polar surface area (TPSA) is 84.9 Å². The summed E-state index contributed by atoms with van der Waals surface area (Å²) in [6.45, 7) is 5.16. The third-order valence-corrected chi connectivity index (χ3v) is 3.62. The Hall–Kier alpha value is -3.23. The zero-order valence-electron chi connectivity index (χ0n) is 16.5. The van der Waals surface area contributed by atoms with Crippen LogP contribution in [0.25, 0.3) is 0 Å². The molecule has 0 aromatic heterocycles. The number of esters is 1. The minimum absolute atomic E-state index is 0.0511. The summed E-state index contributed by atoms with van der Waals surface area (Å²) in [5.74, 6) is -2.42. The average molecular weight is 425 g/mol. The van der Waals surface area contributed by atoms with Crippen LogP contribution in [0.3, 0.4) is 0 Å². The Bertz CT molecular complexity index is 898. The SMILES string of the molecule is CC(C)(C)OC(=O)CCc1cccc(Oc2ccc(OC(F)(F)F)cc2)c1C(=O)[O-]. The normalized spacial score (nSPS) is 11.7. The number of benzene rings is 2. The molecular weight excluding hydrogens is 405 g/mol. The van der Waals surface area contributed by atoms with E-state index >= 15 is 0 Å². The Balaban J connectivity index is 2.18. The minimum Gasteiger partial charge on any atom is -0.545 e. The van der Waals surface area contributed by atoms with Gasteiger partial charge in [-0.25, -0.2) is 0 Å². The molecule has 0 amide bonds. The first-order chi connectivity index (χ1) is 13.8. The van der Waals surface area contributed by atoms with Crippen molar-refractivity contribution >= 4 is 11.9 Å². The van der Waals surface area contributed by atoms with Gasteiger partial charge in [-0.2, -0.15) is 0 Å². The number of alkyl halides is 3. The summed E-state index contributed by atoms with van der Waals surface area (Å²) in [4.78, 5) is 23.6. The number of aryl methyl sites for hydroxylation is 1. The number of hydrogen-bond donors (Lipinski definition) is 0. The van der Waals surface area contributed by atoms with E-state index in [-0.39, 0.29) is 29.9 Å². The molecule has 162 valence electrons. The van der Waals surface area contributed by atoms with Crippen molar-refractivity contribution in [3.8, 4) is 17.2 Å². The molecule has 2 aromatic carbocycles. The van der Waals surface area contributed by atoms with E-state index in [1.54, 1.807) is 20.8 Å². The van der Waals surface area contributed by atoms with E-state index in [9.17, 15) is 27.9 Å². The molecule has 2 aromatic rings. The highest BCUT2D eigenvalue weighted by atomic mass is 19.4. The predicted octanol–water partition coefficient (Wildman–Crippen LogP) is 4.02. The quantitative estimate of drug-likeness (QED) is 0.623. The van der Waals surface area contributed by atoms with Crippen molar-refractivity contribution in [3.05, 3.63) is 53.6 Å². The molecule has 6 nitrogen and oxygen atoms in total. The van der Waals surface area contributed by atoms with Crippen LogP contribution in [0.2, 0.25) is 0 Å². The molecule has 0 bridgehead atoms. The molecule has 0 fully saturated rings. The lowest BCUT2D eigenvalue weighted by atomic mass is 10.0. The number of aromatic carboxylic acids is 1. The van der Waals surface area contributed by atoms with E-state index in [1.165, 1.54) is 30.3 Å². The van der Waals surface area contributed by atoms with Gasteiger partial charge in [0.05, 0.1) is 5.97 Å². The van der Waals surface area contributed by atoms with Gasteiger partial charge in [-0.3, -0.25) is 4.79 Å². The van der Waals surface area contributed by atoms with Gasteiger partial charge in [0.25, 0.3) is 0 Å². The van der Waals surface area contributed by atoms with Crippen LogP contribution in [0, 0.1) is 0 Å². The zero-order valence-corrected chi connectivity index (χ0v) is 16.5. The smallest absolute Gasteiger partial charge is 0.545 e. The molecule has 0 aliphatic heterocycles. The fraction of sp³-hybridized carbons (Fsp3) is 0.333. The van der Waals surface area contributed by atoms with Crippen LogP contribution in [0.5, 0.6) is 17.2 Å². The first-order valence-electron chi connectivity index (χ1n) is 8.93. The van der Waals surface area contributed by atoms with Gasteiger partial charge >= 0.3 is 12.3 Å². The van der Waals surface area contributed by atoms with Crippen LogP contribution in [-0.4, -0.2) is 23.9 Å². The van der Waals surface area contributed by atoms with Gasteiger partial charge in [0, 0.05) is 12.0 Å². The predicted molar refractivity (Wildman–Crippen MR) is 98.1 cm³/mol. The van der Waals surface area contributed by atoms with Crippen molar-refractivity contribution in [2.24, 2.45) is 0 Å². The third-order valence-electron chi connectivity index (χ3n) is 3.62. The molecule has 0 unspecified atom stereocenters. The van der Waals surface area contributed by atoms with Crippen molar-refractivity contribution in [1.82, 2.24) is 0 Å². The highest BCUT2D eigenvalue weighted by Gasteiger charge is 2.31. The number of halogens is 3. The van der Waals surface area contributed by atoms with Crippen LogP contribution < -0.4 is 14.6 Å². The molecule has 0 aliphatic carbocycles. The van der Waals surface area contributed by atoms with Crippen LogP contribution in [-0.2, 0) is 16.0 Å². The summed E-state index contributed by atoms with van der Waals surface area (Å²) >= 11 is 0. The van der Waals surface area contributed by atoms with Crippen LogP contribution in [0.15, 0.2) is 42.5 Å². The summed E-state index contributed by atoms with van der Waals surface area (Å²) < 4.78 is 51.2. The molecule has 0 aliphatic rings. The summed E-state index contributed by atoms with van der Waals surface area (Å²) in [6.07, 6.45) is -4.80. The molecule has 0 atom stereocenters. The maximum atomic E-state index is 12.2. The lowest BCUT2D eigenvalue weighted by molar-refractivity contribution is -0.274. The molecule has 0 heterocycles. The fourth-order valence-electron chi connectivity index (χ4n) is 2.57. The van der Waals surface area contributed by atoms with Gasteiger partial charge in [0.1, 0.15) is 22.8 Å². The Morgan fingerprint density at radius 1 is 0.967 bits per heavy atom.